The fourth-order valence-electron chi connectivity index (χ4n) is 1.31. The van der Waals surface area contributed by atoms with Crippen molar-refractivity contribution in [1.82, 2.24) is 5.32 Å². The van der Waals surface area contributed by atoms with E-state index in [1.165, 1.54) is 6.92 Å². The summed E-state index contributed by atoms with van der Waals surface area (Å²) in [5.41, 5.74) is -0.777. The molecule has 0 atom stereocenters. The van der Waals surface area contributed by atoms with Gasteiger partial charge in [0.15, 0.2) is 0 Å². The maximum atomic E-state index is 12.5. The van der Waals surface area contributed by atoms with Gasteiger partial charge in [0.05, 0.1) is 21.2 Å². The minimum absolute atomic E-state index is 0.143. The number of nitrogens with one attached hydrogen (secondary N) is 1. The van der Waals surface area contributed by atoms with Crippen molar-refractivity contribution in [2.24, 2.45) is 0 Å². The molecule has 0 aliphatic heterocycles. The first kappa shape index (κ1) is 16.7. The van der Waals surface area contributed by atoms with E-state index in [4.69, 9.17) is 23.2 Å². The number of rotatable bonds is 2. The van der Waals surface area contributed by atoms with Crippen molar-refractivity contribution in [1.29, 1.82) is 0 Å². The van der Waals surface area contributed by atoms with Crippen molar-refractivity contribution in [3.8, 4) is 11.8 Å². The van der Waals surface area contributed by atoms with Crippen molar-refractivity contribution >= 4 is 29.1 Å². The monoisotopic (exact) mass is 323 g/mol. The third-order valence-corrected chi connectivity index (χ3v) is 2.80. The summed E-state index contributed by atoms with van der Waals surface area (Å²) < 4.78 is 37.5. The van der Waals surface area contributed by atoms with Crippen molar-refractivity contribution in [2.75, 3.05) is 6.54 Å². The highest BCUT2D eigenvalue weighted by Crippen LogP contribution is 2.35. The molecule has 1 aromatic carbocycles. The van der Waals surface area contributed by atoms with Gasteiger partial charge in [0.25, 0.3) is 0 Å². The number of hydrogen-bond acceptors (Lipinski definition) is 1. The van der Waals surface area contributed by atoms with Crippen LogP contribution in [0.25, 0.3) is 0 Å². The first-order valence-electron chi connectivity index (χ1n) is 5.51. The van der Waals surface area contributed by atoms with Gasteiger partial charge >= 0.3 is 6.18 Å². The molecule has 0 spiro atoms. The van der Waals surface area contributed by atoms with Crippen molar-refractivity contribution in [3.63, 3.8) is 0 Å². The van der Waals surface area contributed by atoms with Crippen LogP contribution in [0.3, 0.4) is 0 Å². The van der Waals surface area contributed by atoms with Crippen LogP contribution in [0.5, 0.6) is 0 Å². The summed E-state index contributed by atoms with van der Waals surface area (Å²) in [7, 11) is 0. The molecule has 0 aliphatic carbocycles. The van der Waals surface area contributed by atoms with E-state index >= 15 is 0 Å². The molecule has 1 rings (SSSR count). The average molecular weight is 324 g/mol. The molecule has 108 valence electrons. The second-order valence-electron chi connectivity index (χ2n) is 3.85. The zero-order valence-corrected chi connectivity index (χ0v) is 11.9. The van der Waals surface area contributed by atoms with Gasteiger partial charge in [0, 0.05) is 19.9 Å². The summed E-state index contributed by atoms with van der Waals surface area (Å²) in [5.74, 6) is 5.10. The van der Waals surface area contributed by atoms with E-state index in [0.717, 1.165) is 12.1 Å². The zero-order valence-electron chi connectivity index (χ0n) is 10.4. The van der Waals surface area contributed by atoms with Crippen LogP contribution in [-0.4, -0.2) is 12.5 Å². The van der Waals surface area contributed by atoms with Crippen LogP contribution in [-0.2, 0) is 11.0 Å². The Morgan fingerprint density at radius 1 is 1.30 bits per heavy atom. The molecule has 7 heteroatoms. The number of halogens is 5. The molecule has 0 fully saturated rings. The normalized spacial score (nSPS) is 10.7. The van der Waals surface area contributed by atoms with E-state index in [9.17, 15) is 18.0 Å². The van der Waals surface area contributed by atoms with Gasteiger partial charge in [-0.25, -0.2) is 0 Å². The van der Waals surface area contributed by atoms with E-state index in [2.05, 4.69) is 17.2 Å². The number of carbonyl (C=O) groups excluding carboxylic acids is 1. The van der Waals surface area contributed by atoms with Crippen LogP contribution < -0.4 is 5.32 Å². The highest BCUT2D eigenvalue weighted by molar-refractivity contribution is 6.36. The molecule has 1 N–H and O–H groups in total. The summed E-state index contributed by atoms with van der Waals surface area (Å²) in [4.78, 5) is 10.6. The number of carbonyl (C=O) groups is 1. The highest BCUT2D eigenvalue weighted by Gasteiger charge is 2.31. The average Bonchev–Trinajstić information content (AvgIpc) is 2.29. The molecular weight excluding hydrogens is 314 g/mol. The number of alkyl halides is 3. The molecule has 0 saturated carbocycles. The summed E-state index contributed by atoms with van der Waals surface area (Å²) in [6, 6.07) is 1.57. The lowest BCUT2D eigenvalue weighted by molar-refractivity contribution is -0.137. The van der Waals surface area contributed by atoms with E-state index in [1.54, 1.807) is 0 Å². The molecule has 0 heterocycles. The van der Waals surface area contributed by atoms with Crippen LogP contribution in [0.15, 0.2) is 12.1 Å². The molecule has 1 aromatic rings. The topological polar surface area (TPSA) is 29.1 Å². The lowest BCUT2D eigenvalue weighted by atomic mass is 10.1. The molecule has 2 nitrogen and oxygen atoms in total. The van der Waals surface area contributed by atoms with Gasteiger partial charge in [-0.05, 0) is 12.1 Å². The Kier molecular flexibility index (Phi) is 5.73. The third-order valence-electron chi connectivity index (χ3n) is 2.21. The molecule has 0 saturated heterocycles. The van der Waals surface area contributed by atoms with Gasteiger partial charge < -0.3 is 5.32 Å². The van der Waals surface area contributed by atoms with Gasteiger partial charge in [-0.15, -0.1) is 0 Å². The fourth-order valence-corrected chi connectivity index (χ4v) is 1.89. The van der Waals surface area contributed by atoms with Gasteiger partial charge in [0.2, 0.25) is 5.91 Å². The first-order chi connectivity index (χ1) is 9.21. The van der Waals surface area contributed by atoms with E-state index < -0.39 is 11.7 Å². The Morgan fingerprint density at radius 3 is 2.30 bits per heavy atom. The number of hydrogen-bond donors (Lipinski definition) is 1. The lowest BCUT2D eigenvalue weighted by Crippen LogP contribution is -2.20. The molecule has 0 unspecified atom stereocenters. The SMILES string of the molecule is CC(=O)NCCC#Cc1c(Cl)cc(C(F)(F)F)cc1Cl. The maximum Gasteiger partial charge on any atom is 0.416 e. The smallest absolute Gasteiger partial charge is 0.355 e. The van der Waals surface area contributed by atoms with Gasteiger partial charge in [-0.3, -0.25) is 4.79 Å². The Hall–Kier alpha value is -1.38. The van der Waals surface area contributed by atoms with Crippen LogP contribution in [0.4, 0.5) is 13.2 Å². The van der Waals surface area contributed by atoms with Crippen LogP contribution in [0.2, 0.25) is 10.0 Å². The fraction of sp³-hybridized carbons (Fsp3) is 0.308. The van der Waals surface area contributed by atoms with E-state index in [-0.39, 0.29) is 21.5 Å². The van der Waals surface area contributed by atoms with Crippen LogP contribution in [0, 0.1) is 11.8 Å². The molecule has 0 aliphatic rings. The van der Waals surface area contributed by atoms with Crippen molar-refractivity contribution in [2.45, 2.75) is 19.5 Å². The van der Waals surface area contributed by atoms with Crippen molar-refractivity contribution < 1.29 is 18.0 Å². The summed E-state index contributed by atoms with van der Waals surface area (Å²) >= 11 is 11.5. The molecule has 0 aromatic heterocycles. The first-order valence-corrected chi connectivity index (χ1v) is 6.27. The third kappa shape index (κ3) is 4.95. The Balaban J connectivity index is 2.87. The second-order valence-corrected chi connectivity index (χ2v) is 4.66. The molecule has 0 bridgehead atoms. The molecule has 0 radical (unpaired) electrons. The van der Waals surface area contributed by atoms with Gasteiger partial charge in [0.1, 0.15) is 0 Å². The largest absolute Gasteiger partial charge is 0.416 e. The predicted octanol–water partition coefficient (Wildman–Crippen LogP) is 3.89. The maximum absolute atomic E-state index is 12.5. The Morgan fingerprint density at radius 2 is 1.85 bits per heavy atom. The minimum atomic E-state index is -4.51. The molecule has 1 amide bonds. The molecular formula is C13H10Cl2F3NO. The van der Waals surface area contributed by atoms with Crippen LogP contribution in [0.1, 0.15) is 24.5 Å². The zero-order chi connectivity index (χ0) is 15.3. The minimum Gasteiger partial charge on any atom is -0.355 e. The summed E-state index contributed by atoms with van der Waals surface area (Å²) in [6.07, 6.45) is -4.17. The lowest BCUT2D eigenvalue weighted by Gasteiger charge is -2.09. The molecule has 20 heavy (non-hydrogen) atoms. The summed E-state index contributed by atoms with van der Waals surface area (Å²) in [5, 5.41) is 2.22. The summed E-state index contributed by atoms with van der Waals surface area (Å²) in [6.45, 7) is 1.72. The standard InChI is InChI=1S/C13H10Cl2F3NO/c1-8(20)19-5-3-2-4-10-11(14)6-9(7-12(10)15)13(16,17)18/h6-7H,3,5H2,1H3,(H,19,20). The van der Waals surface area contributed by atoms with Gasteiger partial charge in [-0.1, -0.05) is 35.0 Å². The Labute approximate surface area is 124 Å². The van der Waals surface area contributed by atoms with Crippen molar-refractivity contribution in [3.05, 3.63) is 33.3 Å². The number of amides is 1. The predicted molar refractivity (Wildman–Crippen MR) is 71.6 cm³/mol. The highest BCUT2D eigenvalue weighted by atomic mass is 35.5. The van der Waals surface area contributed by atoms with Crippen LogP contribution >= 0.6 is 23.2 Å². The number of benzene rings is 1. The van der Waals surface area contributed by atoms with E-state index in [0.29, 0.717) is 13.0 Å². The van der Waals surface area contributed by atoms with E-state index in [1.807, 2.05) is 0 Å². The second kappa shape index (κ2) is 6.87. The Bertz CT molecular complexity index is 550. The van der Waals surface area contributed by atoms with Gasteiger partial charge in [-0.2, -0.15) is 13.2 Å². The quantitative estimate of drug-likeness (QED) is 0.649.